The van der Waals surface area contributed by atoms with Crippen LogP contribution in [0.2, 0.25) is 0 Å². The molecule has 1 rings (SSSR count). The van der Waals surface area contributed by atoms with Gasteiger partial charge in [-0.1, -0.05) is 0 Å². The summed E-state index contributed by atoms with van der Waals surface area (Å²) in [6.07, 6.45) is 0. The van der Waals surface area contributed by atoms with Gasteiger partial charge in [0, 0.05) is 0 Å². The topological polar surface area (TPSA) is 63.6 Å². The lowest BCUT2D eigenvalue weighted by Crippen LogP contribution is -2.11. The van der Waals surface area contributed by atoms with E-state index in [9.17, 15) is 9.59 Å². The number of rotatable bonds is 3. The highest BCUT2D eigenvalue weighted by Gasteiger charge is 2.22. The lowest BCUT2D eigenvalue weighted by Gasteiger charge is -2.05. The second-order valence-corrected chi connectivity index (χ2v) is 3.67. The van der Waals surface area contributed by atoms with Crippen LogP contribution >= 0.6 is 11.3 Å². The smallest absolute Gasteiger partial charge is 0.348 e. The van der Waals surface area contributed by atoms with Crippen molar-refractivity contribution in [3.05, 3.63) is 21.9 Å². The Morgan fingerprint density at radius 2 is 2.21 bits per heavy atom. The normalized spacial score (nSPS) is 12.1. The van der Waals surface area contributed by atoms with Crippen molar-refractivity contribution in [1.82, 2.24) is 0 Å². The van der Waals surface area contributed by atoms with Crippen molar-refractivity contribution in [2.75, 3.05) is 7.11 Å². The summed E-state index contributed by atoms with van der Waals surface area (Å²) in [7, 11) is 1.28. The first kappa shape index (κ1) is 10.7. The van der Waals surface area contributed by atoms with Crippen molar-refractivity contribution in [1.29, 1.82) is 0 Å². The highest BCUT2D eigenvalue weighted by Crippen LogP contribution is 2.25. The van der Waals surface area contributed by atoms with E-state index in [-0.39, 0.29) is 0 Å². The van der Waals surface area contributed by atoms with E-state index in [0.29, 0.717) is 10.4 Å². The second-order valence-electron chi connectivity index (χ2n) is 2.76. The van der Waals surface area contributed by atoms with E-state index in [1.807, 2.05) is 0 Å². The SMILES string of the molecule is COC(=O)c1sccc1[C@H](C)C(=O)O. The van der Waals surface area contributed by atoms with Gasteiger partial charge in [-0.3, -0.25) is 4.79 Å². The van der Waals surface area contributed by atoms with Gasteiger partial charge in [0.2, 0.25) is 0 Å². The fourth-order valence-corrected chi connectivity index (χ4v) is 1.96. The number of carbonyl (C=O) groups is 2. The summed E-state index contributed by atoms with van der Waals surface area (Å²) in [6.45, 7) is 1.54. The molecule has 0 aliphatic carbocycles. The average molecular weight is 214 g/mol. The summed E-state index contributed by atoms with van der Waals surface area (Å²) in [5.41, 5.74) is 0.509. The van der Waals surface area contributed by atoms with Gasteiger partial charge in [0.15, 0.2) is 0 Å². The maximum Gasteiger partial charge on any atom is 0.348 e. The van der Waals surface area contributed by atoms with Gasteiger partial charge < -0.3 is 9.84 Å². The average Bonchev–Trinajstić information content (AvgIpc) is 2.63. The Hall–Kier alpha value is -1.36. The minimum atomic E-state index is -0.950. The maximum absolute atomic E-state index is 11.2. The molecule has 0 saturated carbocycles. The fraction of sp³-hybridized carbons (Fsp3) is 0.333. The molecule has 1 atom stereocenters. The summed E-state index contributed by atoms with van der Waals surface area (Å²) >= 11 is 1.19. The molecule has 1 aromatic heterocycles. The van der Waals surface area contributed by atoms with Crippen molar-refractivity contribution in [2.45, 2.75) is 12.8 Å². The van der Waals surface area contributed by atoms with Crippen LogP contribution < -0.4 is 0 Å². The molecule has 0 bridgehead atoms. The first-order valence-electron chi connectivity index (χ1n) is 3.96. The summed E-state index contributed by atoms with van der Waals surface area (Å²) in [5, 5.41) is 10.5. The number of esters is 1. The van der Waals surface area contributed by atoms with Crippen LogP contribution in [0.3, 0.4) is 0 Å². The molecule has 0 aliphatic rings. The Morgan fingerprint density at radius 1 is 1.57 bits per heavy atom. The molecule has 0 saturated heterocycles. The fourth-order valence-electron chi connectivity index (χ4n) is 1.05. The van der Waals surface area contributed by atoms with Gasteiger partial charge in [-0.15, -0.1) is 11.3 Å². The largest absolute Gasteiger partial charge is 0.481 e. The molecule has 1 aromatic rings. The summed E-state index contributed by atoms with van der Waals surface area (Å²) in [4.78, 5) is 22.3. The van der Waals surface area contributed by atoms with Crippen molar-refractivity contribution in [3.8, 4) is 0 Å². The van der Waals surface area contributed by atoms with Crippen LogP contribution in [0, 0.1) is 0 Å². The minimum Gasteiger partial charge on any atom is -0.481 e. The first-order chi connectivity index (χ1) is 6.57. The maximum atomic E-state index is 11.2. The van der Waals surface area contributed by atoms with E-state index >= 15 is 0 Å². The van der Waals surface area contributed by atoms with Crippen molar-refractivity contribution >= 4 is 23.3 Å². The monoisotopic (exact) mass is 214 g/mol. The van der Waals surface area contributed by atoms with Gasteiger partial charge in [-0.25, -0.2) is 4.79 Å². The number of ether oxygens (including phenoxy) is 1. The first-order valence-corrected chi connectivity index (χ1v) is 4.84. The predicted molar refractivity (Wildman–Crippen MR) is 51.7 cm³/mol. The zero-order valence-electron chi connectivity index (χ0n) is 7.81. The number of carboxylic acid groups (broad SMARTS) is 1. The Morgan fingerprint density at radius 3 is 2.71 bits per heavy atom. The third-order valence-electron chi connectivity index (χ3n) is 1.90. The number of hydrogen-bond acceptors (Lipinski definition) is 4. The van der Waals surface area contributed by atoms with Gasteiger partial charge in [0.1, 0.15) is 4.88 Å². The number of methoxy groups -OCH3 is 1. The number of carbonyl (C=O) groups excluding carboxylic acids is 1. The molecule has 4 nitrogen and oxygen atoms in total. The van der Waals surface area contributed by atoms with Gasteiger partial charge in [0.05, 0.1) is 13.0 Å². The van der Waals surface area contributed by atoms with Crippen LogP contribution in [0.4, 0.5) is 0 Å². The van der Waals surface area contributed by atoms with E-state index in [2.05, 4.69) is 4.74 Å². The summed E-state index contributed by atoms with van der Waals surface area (Å²) in [6, 6.07) is 1.63. The number of carboxylic acids is 1. The number of thiophene rings is 1. The second kappa shape index (κ2) is 4.23. The molecule has 1 heterocycles. The zero-order chi connectivity index (χ0) is 10.7. The van der Waals surface area contributed by atoms with Gasteiger partial charge in [-0.2, -0.15) is 0 Å². The minimum absolute atomic E-state index is 0.363. The van der Waals surface area contributed by atoms with Crippen molar-refractivity contribution in [3.63, 3.8) is 0 Å². The molecule has 76 valence electrons. The van der Waals surface area contributed by atoms with Crippen molar-refractivity contribution in [2.24, 2.45) is 0 Å². The molecule has 0 radical (unpaired) electrons. The number of hydrogen-bond donors (Lipinski definition) is 1. The van der Waals surface area contributed by atoms with E-state index in [4.69, 9.17) is 5.11 Å². The van der Waals surface area contributed by atoms with Crippen LogP contribution in [0.1, 0.15) is 28.1 Å². The molecule has 0 aliphatic heterocycles. The van der Waals surface area contributed by atoms with E-state index in [1.54, 1.807) is 11.4 Å². The van der Waals surface area contributed by atoms with Crippen LogP contribution in [0.5, 0.6) is 0 Å². The molecule has 0 unspecified atom stereocenters. The molecule has 14 heavy (non-hydrogen) atoms. The van der Waals surface area contributed by atoms with Crippen molar-refractivity contribution < 1.29 is 19.4 Å². The Balaban J connectivity index is 3.04. The molecule has 0 aromatic carbocycles. The van der Waals surface area contributed by atoms with Gasteiger partial charge in [-0.05, 0) is 23.9 Å². The predicted octanol–water partition coefficient (Wildman–Crippen LogP) is 1.72. The standard InChI is InChI=1S/C9H10O4S/c1-5(8(10)11)6-3-4-14-7(6)9(12)13-2/h3-5H,1-2H3,(H,10,11)/t5-/m0/s1. The molecule has 0 spiro atoms. The lowest BCUT2D eigenvalue weighted by molar-refractivity contribution is -0.138. The number of aliphatic carboxylic acids is 1. The Kier molecular flexibility index (Phi) is 3.24. The summed E-state index contributed by atoms with van der Waals surface area (Å²) < 4.78 is 4.54. The molecular formula is C9H10O4S. The highest BCUT2D eigenvalue weighted by atomic mass is 32.1. The van der Waals surface area contributed by atoms with Gasteiger partial charge in [0.25, 0.3) is 0 Å². The quantitative estimate of drug-likeness (QED) is 0.778. The highest BCUT2D eigenvalue weighted by molar-refractivity contribution is 7.12. The summed E-state index contributed by atoms with van der Waals surface area (Å²) in [5.74, 6) is -2.12. The van der Waals surface area contributed by atoms with Crippen LogP contribution in [0.15, 0.2) is 11.4 Å². The Bertz CT molecular complexity index is 355. The van der Waals surface area contributed by atoms with E-state index < -0.39 is 17.9 Å². The van der Waals surface area contributed by atoms with Crippen LogP contribution in [-0.4, -0.2) is 24.2 Å². The van der Waals surface area contributed by atoms with E-state index in [0.717, 1.165) is 0 Å². The molecule has 1 N–H and O–H groups in total. The van der Waals surface area contributed by atoms with Crippen LogP contribution in [-0.2, 0) is 9.53 Å². The molecule has 0 fully saturated rings. The zero-order valence-corrected chi connectivity index (χ0v) is 8.63. The van der Waals surface area contributed by atoms with Crippen LogP contribution in [0.25, 0.3) is 0 Å². The molecular weight excluding hydrogens is 204 g/mol. The van der Waals surface area contributed by atoms with E-state index in [1.165, 1.54) is 25.4 Å². The molecule has 0 amide bonds. The molecule has 5 heteroatoms. The lowest BCUT2D eigenvalue weighted by atomic mass is 10.0. The Labute approximate surface area is 85.1 Å². The third-order valence-corrected chi connectivity index (χ3v) is 2.81. The third kappa shape index (κ3) is 1.93. The van der Waals surface area contributed by atoms with Gasteiger partial charge >= 0.3 is 11.9 Å².